The Hall–Kier alpha value is -1.36. The van der Waals surface area contributed by atoms with E-state index < -0.39 is 0 Å². The van der Waals surface area contributed by atoms with E-state index in [9.17, 15) is 4.79 Å². The van der Waals surface area contributed by atoms with Crippen LogP contribution in [0.2, 0.25) is 0 Å². The van der Waals surface area contributed by atoms with Crippen molar-refractivity contribution in [3.8, 4) is 0 Å². The van der Waals surface area contributed by atoms with Gasteiger partial charge in [0.2, 0.25) is 0 Å². The maximum atomic E-state index is 12.0. The van der Waals surface area contributed by atoms with Gasteiger partial charge in [0.25, 0.3) is 5.91 Å². The summed E-state index contributed by atoms with van der Waals surface area (Å²) < 4.78 is 10.4. The highest BCUT2D eigenvalue weighted by molar-refractivity contribution is 5.92. The zero-order chi connectivity index (χ0) is 11.5. The van der Waals surface area contributed by atoms with Gasteiger partial charge in [0, 0.05) is 19.2 Å². The summed E-state index contributed by atoms with van der Waals surface area (Å²) in [7, 11) is 0. The molecular weight excluding hydrogens is 208 g/mol. The fourth-order valence-corrected chi connectivity index (χ4v) is 1.78. The highest BCUT2D eigenvalue weighted by Gasteiger charge is 2.25. The highest BCUT2D eigenvalue weighted by Crippen LogP contribution is 2.12. The van der Waals surface area contributed by atoms with Gasteiger partial charge in [-0.05, 0) is 13.3 Å². The largest absolute Gasteiger partial charge is 0.375 e. The molecule has 1 aromatic rings. The van der Waals surface area contributed by atoms with Crippen LogP contribution in [0.15, 0.2) is 10.6 Å². The van der Waals surface area contributed by atoms with E-state index >= 15 is 0 Å². The Labute approximate surface area is 94.3 Å². The van der Waals surface area contributed by atoms with Crippen LogP contribution in [0.4, 0.5) is 0 Å². The molecule has 16 heavy (non-hydrogen) atoms. The van der Waals surface area contributed by atoms with Crippen molar-refractivity contribution in [2.24, 2.45) is 0 Å². The summed E-state index contributed by atoms with van der Waals surface area (Å²) in [6.07, 6.45) is 1.06. The van der Waals surface area contributed by atoms with E-state index in [1.165, 1.54) is 0 Å². The van der Waals surface area contributed by atoms with Gasteiger partial charge in [0.15, 0.2) is 5.69 Å². The SMILES string of the molecule is CC[C@@H]1CN(C(=O)c2cc(C)on2)CCO1. The molecule has 0 unspecified atom stereocenters. The third-order valence-electron chi connectivity index (χ3n) is 2.73. The molecule has 1 aliphatic heterocycles. The monoisotopic (exact) mass is 224 g/mol. The molecule has 2 heterocycles. The number of carbonyl (C=O) groups excluding carboxylic acids is 1. The number of hydrogen-bond acceptors (Lipinski definition) is 4. The Morgan fingerprint density at radius 3 is 3.12 bits per heavy atom. The fraction of sp³-hybridized carbons (Fsp3) is 0.636. The minimum absolute atomic E-state index is 0.0707. The molecule has 1 aromatic heterocycles. The quantitative estimate of drug-likeness (QED) is 0.758. The average molecular weight is 224 g/mol. The Morgan fingerprint density at radius 1 is 1.69 bits per heavy atom. The molecule has 0 saturated carbocycles. The molecule has 0 N–H and O–H groups in total. The fourth-order valence-electron chi connectivity index (χ4n) is 1.78. The minimum Gasteiger partial charge on any atom is -0.375 e. The van der Waals surface area contributed by atoms with Crippen molar-refractivity contribution in [1.82, 2.24) is 10.1 Å². The average Bonchev–Trinajstić information content (AvgIpc) is 2.75. The molecule has 1 amide bonds. The predicted octanol–water partition coefficient (Wildman–Crippen LogP) is 1.23. The molecule has 0 aliphatic carbocycles. The van der Waals surface area contributed by atoms with Gasteiger partial charge in [-0.1, -0.05) is 12.1 Å². The lowest BCUT2D eigenvalue weighted by Crippen LogP contribution is -2.45. The minimum atomic E-state index is -0.0707. The molecule has 5 nitrogen and oxygen atoms in total. The van der Waals surface area contributed by atoms with E-state index in [4.69, 9.17) is 9.26 Å². The standard InChI is InChI=1S/C11H16N2O3/c1-3-9-7-13(4-5-15-9)11(14)10-6-8(2)16-12-10/h6,9H,3-5,7H2,1-2H3/t9-/m1/s1. The molecule has 5 heteroatoms. The number of amides is 1. The number of rotatable bonds is 2. The van der Waals surface area contributed by atoms with Crippen molar-refractivity contribution in [3.63, 3.8) is 0 Å². The van der Waals surface area contributed by atoms with Crippen molar-refractivity contribution >= 4 is 5.91 Å². The first-order valence-electron chi connectivity index (χ1n) is 5.55. The first-order valence-corrected chi connectivity index (χ1v) is 5.55. The molecule has 2 rings (SSSR count). The summed E-state index contributed by atoms with van der Waals surface area (Å²) in [5.74, 6) is 0.585. The van der Waals surface area contributed by atoms with Gasteiger partial charge in [-0.15, -0.1) is 0 Å². The van der Waals surface area contributed by atoms with Crippen LogP contribution in [0, 0.1) is 6.92 Å². The van der Waals surface area contributed by atoms with E-state index in [1.54, 1.807) is 17.9 Å². The van der Waals surface area contributed by atoms with Crippen molar-refractivity contribution in [3.05, 3.63) is 17.5 Å². The second-order valence-corrected chi connectivity index (χ2v) is 3.98. The van der Waals surface area contributed by atoms with E-state index in [1.807, 2.05) is 0 Å². The summed E-state index contributed by atoms with van der Waals surface area (Å²) in [6.45, 7) is 5.69. The summed E-state index contributed by atoms with van der Waals surface area (Å²) in [5.41, 5.74) is 0.384. The normalized spacial score (nSPS) is 21.1. The molecule has 1 atom stereocenters. The van der Waals surface area contributed by atoms with E-state index in [2.05, 4.69) is 12.1 Å². The van der Waals surface area contributed by atoms with Crippen molar-refractivity contribution in [2.45, 2.75) is 26.4 Å². The Balaban J connectivity index is 2.04. The topological polar surface area (TPSA) is 55.6 Å². The highest BCUT2D eigenvalue weighted by atomic mass is 16.5. The van der Waals surface area contributed by atoms with Gasteiger partial charge in [-0.2, -0.15) is 0 Å². The second kappa shape index (κ2) is 4.65. The van der Waals surface area contributed by atoms with E-state index in [0.717, 1.165) is 6.42 Å². The van der Waals surface area contributed by atoms with Crippen LogP contribution < -0.4 is 0 Å². The van der Waals surface area contributed by atoms with Gasteiger partial charge in [-0.25, -0.2) is 0 Å². The summed E-state index contributed by atoms with van der Waals surface area (Å²) >= 11 is 0. The third-order valence-corrected chi connectivity index (χ3v) is 2.73. The van der Waals surface area contributed by atoms with Gasteiger partial charge in [0.1, 0.15) is 5.76 Å². The first kappa shape index (κ1) is 11.1. The predicted molar refractivity (Wildman–Crippen MR) is 57.2 cm³/mol. The Bertz CT molecular complexity index is 375. The number of nitrogens with zero attached hydrogens (tertiary/aromatic N) is 2. The number of hydrogen-bond donors (Lipinski definition) is 0. The number of morpholine rings is 1. The van der Waals surface area contributed by atoms with Crippen LogP contribution in [-0.4, -0.2) is 41.8 Å². The van der Waals surface area contributed by atoms with Crippen LogP contribution in [0.25, 0.3) is 0 Å². The van der Waals surface area contributed by atoms with Gasteiger partial charge >= 0.3 is 0 Å². The second-order valence-electron chi connectivity index (χ2n) is 3.98. The Morgan fingerprint density at radius 2 is 2.50 bits per heavy atom. The lowest BCUT2D eigenvalue weighted by molar-refractivity contribution is -0.0229. The molecular formula is C11H16N2O3. The molecule has 0 spiro atoms. The van der Waals surface area contributed by atoms with Crippen molar-refractivity contribution in [1.29, 1.82) is 0 Å². The molecule has 0 bridgehead atoms. The van der Waals surface area contributed by atoms with Gasteiger partial charge < -0.3 is 14.2 Å². The molecule has 0 radical (unpaired) electrons. The van der Waals surface area contributed by atoms with Crippen LogP contribution in [0.5, 0.6) is 0 Å². The number of aromatic nitrogens is 1. The van der Waals surface area contributed by atoms with Gasteiger partial charge in [-0.3, -0.25) is 4.79 Å². The zero-order valence-electron chi connectivity index (χ0n) is 9.60. The maximum Gasteiger partial charge on any atom is 0.276 e. The van der Waals surface area contributed by atoms with Gasteiger partial charge in [0.05, 0.1) is 12.7 Å². The first-order chi connectivity index (χ1) is 7.70. The molecule has 1 fully saturated rings. The molecule has 1 saturated heterocycles. The van der Waals surface area contributed by atoms with E-state index in [0.29, 0.717) is 31.2 Å². The van der Waals surface area contributed by atoms with Crippen LogP contribution in [-0.2, 0) is 4.74 Å². The van der Waals surface area contributed by atoms with Crippen LogP contribution >= 0.6 is 0 Å². The number of aryl methyl sites for hydroxylation is 1. The smallest absolute Gasteiger partial charge is 0.276 e. The number of carbonyl (C=O) groups is 1. The van der Waals surface area contributed by atoms with Crippen molar-refractivity contribution < 1.29 is 14.1 Å². The number of ether oxygens (including phenoxy) is 1. The molecule has 1 aliphatic rings. The Kier molecular flexibility index (Phi) is 3.24. The third kappa shape index (κ3) is 2.24. The summed E-state index contributed by atoms with van der Waals surface area (Å²) in [6, 6.07) is 1.67. The van der Waals surface area contributed by atoms with Crippen LogP contribution in [0.1, 0.15) is 29.6 Å². The lowest BCUT2D eigenvalue weighted by Gasteiger charge is -2.31. The maximum absolute atomic E-state index is 12.0. The summed E-state index contributed by atoms with van der Waals surface area (Å²) in [5, 5.41) is 3.73. The van der Waals surface area contributed by atoms with Crippen molar-refractivity contribution in [2.75, 3.05) is 19.7 Å². The lowest BCUT2D eigenvalue weighted by atomic mass is 10.2. The summed E-state index contributed by atoms with van der Waals surface area (Å²) in [4.78, 5) is 13.8. The molecule has 88 valence electrons. The molecule has 0 aromatic carbocycles. The van der Waals surface area contributed by atoms with E-state index in [-0.39, 0.29) is 12.0 Å². The van der Waals surface area contributed by atoms with Crippen LogP contribution in [0.3, 0.4) is 0 Å². The zero-order valence-corrected chi connectivity index (χ0v) is 9.60.